The van der Waals surface area contributed by atoms with Crippen molar-refractivity contribution >= 4 is 0 Å². The molecular weight excluding hydrogens is 204 g/mol. The van der Waals surface area contributed by atoms with Crippen LogP contribution in [-0.4, -0.2) is 11.7 Å². The topological polar surface area (TPSA) is 69.0 Å². The van der Waals surface area contributed by atoms with Crippen molar-refractivity contribution in [3.05, 3.63) is 45.3 Å². The Balaban J connectivity index is 3.28. The average molecular weight is 213 g/mol. The van der Waals surface area contributed by atoms with Crippen molar-refractivity contribution in [1.29, 1.82) is 0 Å². The maximum Gasteiger partial charge on any atom is 0.130 e. The molecule has 0 amide bonds. The summed E-state index contributed by atoms with van der Waals surface area (Å²) in [5.74, 6) is -1.64. The molecule has 0 spiro atoms. The summed E-state index contributed by atoms with van der Waals surface area (Å²) in [6, 6.07) is 1.01. The predicted octanol–water partition coefficient (Wildman–Crippen LogP) is 2.62. The number of azide groups is 1. The molecule has 0 saturated carbocycles. The summed E-state index contributed by atoms with van der Waals surface area (Å²) < 4.78 is 26.7. The number of hydrogen-bond acceptors (Lipinski definition) is 2. The molecule has 1 unspecified atom stereocenters. The first kappa shape index (κ1) is 11.4. The number of benzene rings is 1. The second-order valence-corrected chi connectivity index (χ2v) is 3.05. The molecule has 6 heteroatoms. The van der Waals surface area contributed by atoms with Crippen molar-refractivity contribution in [1.82, 2.24) is 0 Å². The summed E-state index contributed by atoms with van der Waals surface area (Å²) in [6.45, 7) is 0.901. The molecule has 0 heterocycles. The molecule has 0 aromatic heterocycles. The minimum atomic E-state index is -1.23. The van der Waals surface area contributed by atoms with E-state index in [2.05, 4.69) is 10.0 Å². The normalized spacial score (nSPS) is 12.0. The van der Waals surface area contributed by atoms with Crippen LogP contribution < -0.4 is 0 Å². The quantitative estimate of drug-likeness (QED) is 0.468. The molecule has 0 saturated heterocycles. The molecule has 0 fully saturated rings. The van der Waals surface area contributed by atoms with Gasteiger partial charge in [-0.25, -0.2) is 8.78 Å². The van der Waals surface area contributed by atoms with Crippen molar-refractivity contribution < 1.29 is 13.9 Å². The van der Waals surface area contributed by atoms with E-state index in [0.29, 0.717) is 5.56 Å². The number of hydrogen-bond donors (Lipinski definition) is 1. The van der Waals surface area contributed by atoms with Crippen molar-refractivity contribution in [3.8, 4) is 0 Å². The third-order valence-corrected chi connectivity index (χ3v) is 1.92. The Labute approximate surface area is 84.8 Å². The molecule has 15 heavy (non-hydrogen) atoms. The van der Waals surface area contributed by atoms with Gasteiger partial charge < -0.3 is 5.11 Å². The van der Waals surface area contributed by atoms with Gasteiger partial charge in [0.05, 0.1) is 12.6 Å². The molecule has 1 aromatic carbocycles. The zero-order chi connectivity index (χ0) is 11.4. The van der Waals surface area contributed by atoms with Crippen LogP contribution in [0.4, 0.5) is 8.78 Å². The summed E-state index contributed by atoms with van der Waals surface area (Å²) in [5, 5.41) is 11.9. The van der Waals surface area contributed by atoms with E-state index in [1.807, 2.05) is 0 Å². The van der Waals surface area contributed by atoms with Crippen molar-refractivity contribution in [2.45, 2.75) is 13.0 Å². The van der Waals surface area contributed by atoms with E-state index in [-0.39, 0.29) is 0 Å². The molecule has 1 rings (SSSR count). The zero-order valence-electron chi connectivity index (χ0n) is 7.98. The fourth-order valence-electron chi connectivity index (χ4n) is 1.28. The van der Waals surface area contributed by atoms with Gasteiger partial charge in [0.25, 0.3) is 0 Å². The van der Waals surface area contributed by atoms with E-state index in [4.69, 9.17) is 10.6 Å². The third-order valence-electron chi connectivity index (χ3n) is 1.92. The van der Waals surface area contributed by atoms with Gasteiger partial charge >= 0.3 is 0 Å². The maximum absolute atomic E-state index is 13.3. The molecule has 80 valence electrons. The summed E-state index contributed by atoms with van der Waals surface area (Å²) in [4.78, 5) is 2.42. The van der Waals surface area contributed by atoms with Gasteiger partial charge in [-0.1, -0.05) is 5.11 Å². The minimum absolute atomic E-state index is 0.402. The van der Waals surface area contributed by atoms with Gasteiger partial charge in [-0.15, -0.1) is 0 Å². The standard InChI is InChI=1S/C9H9F2N3O/c1-5-2-6(10)9(7(11)3-5)8(4-15)13-14-12/h2-3,8,15H,4H2,1H3. The van der Waals surface area contributed by atoms with Crippen molar-refractivity contribution in [3.63, 3.8) is 0 Å². The molecular formula is C9H9F2N3O. The van der Waals surface area contributed by atoms with E-state index in [0.717, 1.165) is 12.1 Å². The largest absolute Gasteiger partial charge is 0.396 e. The molecule has 0 aliphatic rings. The van der Waals surface area contributed by atoms with Crippen LogP contribution in [0, 0.1) is 18.6 Å². The molecule has 4 nitrogen and oxygen atoms in total. The lowest BCUT2D eigenvalue weighted by Gasteiger charge is -2.11. The van der Waals surface area contributed by atoms with Gasteiger partial charge in [-0.2, -0.15) is 0 Å². The fraction of sp³-hybridized carbons (Fsp3) is 0.333. The van der Waals surface area contributed by atoms with Crippen molar-refractivity contribution in [2.75, 3.05) is 6.61 Å². The fourth-order valence-corrected chi connectivity index (χ4v) is 1.28. The highest BCUT2D eigenvalue weighted by Gasteiger charge is 2.18. The highest BCUT2D eigenvalue weighted by atomic mass is 19.1. The first-order valence-corrected chi connectivity index (χ1v) is 4.20. The smallest absolute Gasteiger partial charge is 0.130 e. The molecule has 0 bridgehead atoms. The molecule has 1 aromatic rings. The van der Waals surface area contributed by atoms with Gasteiger partial charge in [-0.3, -0.25) is 0 Å². The second kappa shape index (κ2) is 4.72. The Morgan fingerprint density at radius 2 is 2.00 bits per heavy atom. The summed E-state index contributed by atoms with van der Waals surface area (Å²) in [5.41, 5.74) is 8.19. The highest BCUT2D eigenvalue weighted by molar-refractivity contribution is 5.28. The predicted molar refractivity (Wildman–Crippen MR) is 50.1 cm³/mol. The number of aryl methyl sites for hydroxylation is 1. The lowest BCUT2D eigenvalue weighted by atomic mass is 10.0. The third kappa shape index (κ3) is 2.43. The van der Waals surface area contributed by atoms with E-state index < -0.39 is 29.8 Å². The van der Waals surface area contributed by atoms with Crippen molar-refractivity contribution in [2.24, 2.45) is 5.11 Å². The SMILES string of the molecule is Cc1cc(F)c(C(CO)N=[N+]=[N-])c(F)c1. The maximum atomic E-state index is 13.3. The van der Waals surface area contributed by atoms with Gasteiger partial charge in [0.15, 0.2) is 0 Å². The lowest BCUT2D eigenvalue weighted by molar-refractivity contribution is 0.262. The van der Waals surface area contributed by atoms with Crippen LogP contribution >= 0.6 is 0 Å². The second-order valence-electron chi connectivity index (χ2n) is 3.05. The monoisotopic (exact) mass is 213 g/mol. The Hall–Kier alpha value is -1.65. The van der Waals surface area contributed by atoms with Gasteiger partial charge in [0, 0.05) is 10.5 Å². The van der Waals surface area contributed by atoms with E-state index >= 15 is 0 Å². The van der Waals surface area contributed by atoms with Crippen LogP contribution in [-0.2, 0) is 0 Å². The van der Waals surface area contributed by atoms with Gasteiger partial charge in [0.2, 0.25) is 0 Å². The highest BCUT2D eigenvalue weighted by Crippen LogP contribution is 2.24. The minimum Gasteiger partial charge on any atom is -0.396 e. The molecule has 1 N–H and O–H groups in total. The Morgan fingerprint density at radius 1 is 1.47 bits per heavy atom. The number of aliphatic hydroxyl groups is 1. The lowest BCUT2D eigenvalue weighted by Crippen LogP contribution is -2.06. The zero-order valence-corrected chi connectivity index (χ0v) is 7.98. The number of rotatable bonds is 3. The van der Waals surface area contributed by atoms with E-state index in [9.17, 15) is 8.78 Å². The molecule has 0 aliphatic carbocycles. The van der Waals surface area contributed by atoms with Crippen LogP contribution in [0.25, 0.3) is 10.4 Å². The van der Waals surface area contributed by atoms with Crippen LogP contribution in [0.15, 0.2) is 17.2 Å². The van der Waals surface area contributed by atoms with Crippen LogP contribution in [0.3, 0.4) is 0 Å². The van der Waals surface area contributed by atoms with Gasteiger partial charge in [0.1, 0.15) is 11.6 Å². The molecule has 0 aliphatic heterocycles. The number of aliphatic hydroxyl groups excluding tert-OH is 1. The average Bonchev–Trinajstić information content (AvgIpc) is 2.14. The van der Waals surface area contributed by atoms with Gasteiger partial charge in [-0.05, 0) is 30.2 Å². The summed E-state index contributed by atoms with van der Waals surface area (Å²) >= 11 is 0. The summed E-state index contributed by atoms with van der Waals surface area (Å²) in [7, 11) is 0. The van der Waals surface area contributed by atoms with Crippen LogP contribution in [0.1, 0.15) is 17.2 Å². The molecule has 0 radical (unpaired) electrons. The number of halogens is 2. The molecule has 1 atom stereocenters. The van der Waals surface area contributed by atoms with E-state index in [1.165, 1.54) is 6.92 Å². The van der Waals surface area contributed by atoms with E-state index in [1.54, 1.807) is 0 Å². The first-order valence-electron chi connectivity index (χ1n) is 4.20. The first-order chi connectivity index (χ1) is 7.10. The van der Waals surface area contributed by atoms with Crippen LogP contribution in [0.2, 0.25) is 0 Å². The Kier molecular flexibility index (Phi) is 3.60. The van der Waals surface area contributed by atoms with Crippen LogP contribution in [0.5, 0.6) is 0 Å². The Morgan fingerprint density at radius 3 is 2.40 bits per heavy atom. The Bertz CT molecular complexity index is 393. The number of nitrogens with zero attached hydrogens (tertiary/aromatic N) is 3. The summed E-state index contributed by atoms with van der Waals surface area (Å²) in [6.07, 6.45) is 0.